The first-order valence-electron chi connectivity index (χ1n) is 6.14. The van der Waals surface area contributed by atoms with E-state index < -0.39 is 0 Å². The normalized spacial score (nSPS) is 10.4. The summed E-state index contributed by atoms with van der Waals surface area (Å²) in [4.78, 5) is 4.47. The number of nitrogens with one attached hydrogen (secondary N) is 1. The molecule has 90 valence electrons. The van der Waals surface area contributed by atoms with Gasteiger partial charge >= 0.3 is 0 Å². The Hall–Kier alpha value is -1.09. The SMILES string of the molecule is CCCCOCc1cccc(NCCC)n1. The maximum absolute atomic E-state index is 5.53. The third-order valence-corrected chi connectivity index (χ3v) is 2.26. The minimum absolute atomic E-state index is 0.613. The number of hydrogen-bond donors (Lipinski definition) is 1. The van der Waals surface area contributed by atoms with Gasteiger partial charge in [0.2, 0.25) is 0 Å². The molecule has 1 rings (SSSR count). The molecule has 0 aliphatic carbocycles. The molecule has 3 heteroatoms. The lowest BCUT2D eigenvalue weighted by atomic mass is 10.3. The van der Waals surface area contributed by atoms with Crippen LogP contribution in [0.1, 0.15) is 38.8 Å². The maximum Gasteiger partial charge on any atom is 0.126 e. The van der Waals surface area contributed by atoms with Crippen molar-refractivity contribution in [1.29, 1.82) is 0 Å². The molecule has 3 nitrogen and oxygen atoms in total. The molecule has 0 fully saturated rings. The van der Waals surface area contributed by atoms with E-state index in [0.29, 0.717) is 6.61 Å². The van der Waals surface area contributed by atoms with Gasteiger partial charge in [-0.2, -0.15) is 0 Å². The number of unbranched alkanes of at least 4 members (excludes halogenated alkanes) is 1. The predicted octanol–water partition coefficient (Wildman–Crippen LogP) is 3.22. The fraction of sp³-hybridized carbons (Fsp3) is 0.615. The Balaban J connectivity index is 2.35. The zero-order chi connectivity index (χ0) is 11.6. The summed E-state index contributed by atoms with van der Waals surface area (Å²) < 4.78 is 5.53. The smallest absolute Gasteiger partial charge is 0.126 e. The molecule has 0 saturated heterocycles. The maximum atomic E-state index is 5.53. The Labute approximate surface area is 98.2 Å². The summed E-state index contributed by atoms with van der Waals surface area (Å²) in [7, 11) is 0. The van der Waals surface area contributed by atoms with Crippen LogP contribution in [0.25, 0.3) is 0 Å². The fourth-order valence-corrected chi connectivity index (χ4v) is 1.33. The van der Waals surface area contributed by atoms with E-state index in [4.69, 9.17) is 4.74 Å². The van der Waals surface area contributed by atoms with Crippen LogP contribution in [0.3, 0.4) is 0 Å². The molecule has 1 aromatic rings. The summed E-state index contributed by atoms with van der Waals surface area (Å²) in [5.74, 6) is 0.943. The second kappa shape index (κ2) is 8.11. The number of pyridine rings is 1. The van der Waals surface area contributed by atoms with Gasteiger partial charge in [0, 0.05) is 13.2 Å². The standard InChI is InChI=1S/C13H22N2O/c1-3-5-10-16-11-12-7-6-8-13(15-12)14-9-4-2/h6-8H,3-5,9-11H2,1-2H3,(H,14,15). The van der Waals surface area contributed by atoms with Crippen LogP contribution in [-0.4, -0.2) is 18.1 Å². The van der Waals surface area contributed by atoms with Crippen LogP contribution in [0.4, 0.5) is 5.82 Å². The van der Waals surface area contributed by atoms with Crippen molar-refractivity contribution in [3.05, 3.63) is 23.9 Å². The van der Waals surface area contributed by atoms with E-state index in [1.54, 1.807) is 0 Å². The van der Waals surface area contributed by atoms with Gasteiger partial charge in [-0.1, -0.05) is 26.3 Å². The van der Waals surface area contributed by atoms with Gasteiger partial charge < -0.3 is 10.1 Å². The van der Waals surface area contributed by atoms with Gasteiger partial charge in [-0.05, 0) is 25.0 Å². The van der Waals surface area contributed by atoms with Crippen LogP contribution in [-0.2, 0) is 11.3 Å². The largest absolute Gasteiger partial charge is 0.375 e. The Kier molecular flexibility index (Phi) is 6.58. The van der Waals surface area contributed by atoms with Crippen molar-refractivity contribution in [2.75, 3.05) is 18.5 Å². The molecule has 1 N–H and O–H groups in total. The van der Waals surface area contributed by atoms with Gasteiger partial charge in [0.05, 0.1) is 12.3 Å². The van der Waals surface area contributed by atoms with Crippen molar-refractivity contribution in [2.45, 2.75) is 39.7 Å². The Bertz CT molecular complexity index is 289. The van der Waals surface area contributed by atoms with E-state index in [-0.39, 0.29) is 0 Å². The molecular weight excluding hydrogens is 200 g/mol. The highest BCUT2D eigenvalue weighted by Crippen LogP contribution is 2.06. The van der Waals surface area contributed by atoms with Crippen molar-refractivity contribution < 1.29 is 4.74 Å². The summed E-state index contributed by atoms with van der Waals surface area (Å²) in [6, 6.07) is 6.01. The van der Waals surface area contributed by atoms with E-state index in [0.717, 1.165) is 37.5 Å². The molecule has 16 heavy (non-hydrogen) atoms. The van der Waals surface area contributed by atoms with Crippen LogP contribution < -0.4 is 5.32 Å². The van der Waals surface area contributed by atoms with Gasteiger partial charge in [0.1, 0.15) is 5.82 Å². The lowest BCUT2D eigenvalue weighted by molar-refractivity contribution is 0.115. The van der Waals surface area contributed by atoms with Crippen molar-refractivity contribution in [3.63, 3.8) is 0 Å². The first-order chi connectivity index (χ1) is 7.86. The fourth-order valence-electron chi connectivity index (χ4n) is 1.33. The van der Waals surface area contributed by atoms with Crippen LogP contribution in [0.2, 0.25) is 0 Å². The van der Waals surface area contributed by atoms with Gasteiger partial charge in [-0.25, -0.2) is 4.98 Å². The minimum Gasteiger partial charge on any atom is -0.375 e. The first kappa shape index (κ1) is 13.0. The first-order valence-corrected chi connectivity index (χ1v) is 6.14. The lowest BCUT2D eigenvalue weighted by Crippen LogP contribution is -2.04. The number of ether oxygens (including phenoxy) is 1. The summed E-state index contributed by atoms with van der Waals surface area (Å²) in [5, 5.41) is 3.27. The molecule has 0 aliphatic heterocycles. The summed E-state index contributed by atoms with van der Waals surface area (Å²) in [5.41, 5.74) is 0.997. The quantitative estimate of drug-likeness (QED) is 0.686. The molecule has 1 heterocycles. The molecule has 0 bridgehead atoms. The zero-order valence-electron chi connectivity index (χ0n) is 10.3. The molecule has 0 unspecified atom stereocenters. The van der Waals surface area contributed by atoms with Gasteiger partial charge in [-0.15, -0.1) is 0 Å². The van der Waals surface area contributed by atoms with Gasteiger partial charge in [0.15, 0.2) is 0 Å². The highest BCUT2D eigenvalue weighted by atomic mass is 16.5. The topological polar surface area (TPSA) is 34.1 Å². The number of anilines is 1. The van der Waals surface area contributed by atoms with E-state index in [2.05, 4.69) is 24.1 Å². The van der Waals surface area contributed by atoms with Crippen LogP contribution in [0.15, 0.2) is 18.2 Å². The molecule has 0 saturated carbocycles. The Morgan fingerprint density at radius 1 is 1.25 bits per heavy atom. The number of aromatic nitrogens is 1. The van der Waals surface area contributed by atoms with Crippen molar-refractivity contribution in [3.8, 4) is 0 Å². The van der Waals surface area contributed by atoms with Gasteiger partial charge in [-0.3, -0.25) is 0 Å². The lowest BCUT2D eigenvalue weighted by Gasteiger charge is -2.06. The van der Waals surface area contributed by atoms with E-state index in [1.165, 1.54) is 6.42 Å². The summed E-state index contributed by atoms with van der Waals surface area (Å²) in [6.07, 6.45) is 3.40. The van der Waals surface area contributed by atoms with E-state index in [9.17, 15) is 0 Å². The summed E-state index contributed by atoms with van der Waals surface area (Å²) in [6.45, 7) is 6.71. The van der Waals surface area contributed by atoms with E-state index >= 15 is 0 Å². The van der Waals surface area contributed by atoms with Crippen molar-refractivity contribution in [2.24, 2.45) is 0 Å². The van der Waals surface area contributed by atoms with Crippen molar-refractivity contribution >= 4 is 5.82 Å². The molecule has 0 aromatic carbocycles. The molecule has 0 amide bonds. The highest BCUT2D eigenvalue weighted by molar-refractivity contribution is 5.34. The average Bonchev–Trinajstić information content (AvgIpc) is 2.33. The molecule has 1 aromatic heterocycles. The molecule has 0 spiro atoms. The third-order valence-electron chi connectivity index (χ3n) is 2.26. The van der Waals surface area contributed by atoms with Crippen molar-refractivity contribution in [1.82, 2.24) is 4.98 Å². The second-order valence-corrected chi connectivity index (χ2v) is 3.85. The zero-order valence-corrected chi connectivity index (χ0v) is 10.3. The van der Waals surface area contributed by atoms with Crippen LogP contribution in [0, 0.1) is 0 Å². The van der Waals surface area contributed by atoms with Gasteiger partial charge in [0.25, 0.3) is 0 Å². The van der Waals surface area contributed by atoms with E-state index in [1.807, 2.05) is 18.2 Å². The number of nitrogens with zero attached hydrogens (tertiary/aromatic N) is 1. The molecule has 0 aliphatic rings. The Morgan fingerprint density at radius 2 is 2.12 bits per heavy atom. The average molecular weight is 222 g/mol. The number of hydrogen-bond acceptors (Lipinski definition) is 3. The molecule has 0 radical (unpaired) electrons. The van der Waals surface area contributed by atoms with Crippen LogP contribution in [0.5, 0.6) is 0 Å². The monoisotopic (exact) mass is 222 g/mol. The second-order valence-electron chi connectivity index (χ2n) is 3.85. The molecular formula is C13H22N2O. The Morgan fingerprint density at radius 3 is 2.88 bits per heavy atom. The molecule has 0 atom stereocenters. The summed E-state index contributed by atoms with van der Waals surface area (Å²) >= 11 is 0. The number of rotatable bonds is 8. The predicted molar refractivity (Wildman–Crippen MR) is 67.6 cm³/mol. The highest BCUT2D eigenvalue weighted by Gasteiger charge is 1.97. The minimum atomic E-state index is 0.613. The third kappa shape index (κ3) is 5.12. The van der Waals surface area contributed by atoms with Crippen LogP contribution >= 0.6 is 0 Å².